The minimum Gasteiger partial charge on any atom is -0.420 e. The van der Waals surface area contributed by atoms with Crippen LogP contribution in [0.15, 0.2) is 46.9 Å². The Hall–Kier alpha value is -1.74. The number of thioether (sulfide) groups is 1. The van der Waals surface area contributed by atoms with Crippen molar-refractivity contribution in [2.45, 2.75) is 24.8 Å². The first-order valence-corrected chi connectivity index (χ1v) is 12.9. The van der Waals surface area contributed by atoms with Crippen LogP contribution in [-0.4, -0.2) is 40.1 Å². The first-order chi connectivity index (χ1) is 14.7. The number of unbranched alkanes of at least 4 members (excludes halogenated alkanes) is 1. The van der Waals surface area contributed by atoms with Crippen LogP contribution in [0.2, 0.25) is 0 Å². The summed E-state index contributed by atoms with van der Waals surface area (Å²) < 4.78 is 41.1. The van der Waals surface area contributed by atoms with Gasteiger partial charge >= 0.3 is 13.8 Å². The largest absolute Gasteiger partial charge is 0.442 e. The van der Waals surface area contributed by atoms with E-state index >= 15 is 0 Å². The van der Waals surface area contributed by atoms with Crippen molar-refractivity contribution in [2.24, 2.45) is 0 Å². The summed E-state index contributed by atoms with van der Waals surface area (Å²) in [5.41, 5.74) is 1.78. The summed E-state index contributed by atoms with van der Waals surface area (Å²) in [4.78, 5) is 35.0. The van der Waals surface area contributed by atoms with E-state index < -0.39 is 13.8 Å². The quantitative estimate of drug-likeness (QED) is 0.245. The second kappa shape index (κ2) is 10.3. The minimum atomic E-state index is -5.02. The van der Waals surface area contributed by atoms with Gasteiger partial charge in [-0.1, -0.05) is 18.2 Å². The molecule has 166 valence electrons. The molecular formula is C20H19BrF2NO5PS. The zero-order valence-corrected chi connectivity index (χ0v) is 19.5. The van der Waals surface area contributed by atoms with Crippen LogP contribution in [0.1, 0.15) is 39.1 Å². The van der Waals surface area contributed by atoms with Crippen LogP contribution < -0.4 is 4.52 Å². The van der Waals surface area contributed by atoms with Gasteiger partial charge < -0.3 is 9.42 Å². The number of imide groups is 1. The molecule has 1 unspecified atom stereocenters. The summed E-state index contributed by atoms with van der Waals surface area (Å²) in [6.45, 7) is 0.371. The molecule has 0 saturated carbocycles. The molecule has 0 bridgehead atoms. The van der Waals surface area contributed by atoms with Gasteiger partial charge in [0, 0.05) is 12.3 Å². The van der Waals surface area contributed by atoms with Gasteiger partial charge in [-0.3, -0.25) is 14.5 Å². The van der Waals surface area contributed by atoms with Crippen molar-refractivity contribution in [3.05, 3.63) is 63.6 Å². The number of rotatable bonds is 10. The molecule has 2 aromatic rings. The maximum Gasteiger partial charge on any atom is 0.442 e. The number of carbonyl (C=O) groups excluding carboxylic acids is 2. The van der Waals surface area contributed by atoms with Crippen LogP contribution in [0.4, 0.5) is 8.78 Å². The van der Waals surface area contributed by atoms with Gasteiger partial charge in [-0.25, -0.2) is 4.57 Å². The Morgan fingerprint density at radius 2 is 1.74 bits per heavy atom. The van der Waals surface area contributed by atoms with Crippen molar-refractivity contribution in [1.29, 1.82) is 0 Å². The first-order valence-electron chi connectivity index (χ1n) is 9.32. The number of alkyl halides is 2. The molecule has 1 aliphatic heterocycles. The first kappa shape index (κ1) is 23.9. The molecule has 3 rings (SSSR count). The number of hydrogen-bond donors (Lipinski definition) is 1. The van der Waals surface area contributed by atoms with Crippen molar-refractivity contribution in [3.63, 3.8) is 0 Å². The molecule has 11 heteroatoms. The van der Waals surface area contributed by atoms with E-state index in [9.17, 15) is 22.9 Å². The third-order valence-corrected chi connectivity index (χ3v) is 7.23. The Balaban J connectivity index is 1.41. The highest BCUT2D eigenvalue weighted by atomic mass is 79.9. The van der Waals surface area contributed by atoms with Gasteiger partial charge in [0.25, 0.3) is 11.8 Å². The maximum absolute atomic E-state index is 12.5. The van der Waals surface area contributed by atoms with E-state index in [2.05, 4.69) is 20.5 Å². The van der Waals surface area contributed by atoms with Crippen LogP contribution in [0.5, 0.6) is 5.75 Å². The molecule has 0 aliphatic carbocycles. The lowest BCUT2D eigenvalue weighted by Gasteiger charge is -2.14. The van der Waals surface area contributed by atoms with Gasteiger partial charge in [0.1, 0.15) is 5.75 Å². The Morgan fingerprint density at radius 3 is 2.32 bits per heavy atom. The van der Waals surface area contributed by atoms with Crippen LogP contribution in [0.3, 0.4) is 0 Å². The van der Waals surface area contributed by atoms with Gasteiger partial charge in [-0.2, -0.15) is 20.5 Å². The fourth-order valence-corrected chi connectivity index (χ4v) is 5.12. The summed E-state index contributed by atoms with van der Waals surface area (Å²) in [5, 5.41) is 0. The van der Waals surface area contributed by atoms with Crippen molar-refractivity contribution in [3.8, 4) is 5.75 Å². The highest BCUT2D eigenvalue weighted by Crippen LogP contribution is 2.50. The van der Waals surface area contributed by atoms with Crippen molar-refractivity contribution < 1.29 is 32.4 Å². The van der Waals surface area contributed by atoms with Crippen LogP contribution in [0.25, 0.3) is 0 Å². The van der Waals surface area contributed by atoms with E-state index in [-0.39, 0.29) is 17.6 Å². The molecule has 31 heavy (non-hydrogen) atoms. The minimum absolute atomic E-state index is 0.124. The van der Waals surface area contributed by atoms with Crippen molar-refractivity contribution >= 4 is 47.1 Å². The summed E-state index contributed by atoms with van der Waals surface area (Å²) in [6.07, 6.45) is -1.98. The fourth-order valence-electron chi connectivity index (χ4n) is 3.00. The number of hydrogen-bond acceptors (Lipinski definition) is 5. The van der Waals surface area contributed by atoms with Crippen LogP contribution in [-0.2, 0) is 10.3 Å². The summed E-state index contributed by atoms with van der Waals surface area (Å²) >= 11 is 4.80. The molecule has 1 heterocycles. The Bertz CT molecular complexity index is 1000. The molecule has 0 fully saturated rings. The number of amides is 2. The Morgan fingerprint density at radius 1 is 1.10 bits per heavy atom. The molecule has 0 radical (unpaired) electrons. The van der Waals surface area contributed by atoms with Gasteiger partial charge in [-0.05, 0) is 64.4 Å². The smallest absolute Gasteiger partial charge is 0.420 e. The van der Waals surface area contributed by atoms with Crippen LogP contribution >= 0.6 is 35.3 Å². The van der Waals surface area contributed by atoms with Gasteiger partial charge in [0.05, 0.1) is 15.6 Å². The summed E-state index contributed by atoms with van der Waals surface area (Å²) in [6, 6.07) is 11.4. The zero-order valence-electron chi connectivity index (χ0n) is 16.2. The molecule has 0 spiro atoms. The predicted octanol–water partition coefficient (Wildman–Crippen LogP) is 5.55. The number of halogens is 3. The highest BCUT2D eigenvalue weighted by Gasteiger charge is 2.35. The third-order valence-electron chi connectivity index (χ3n) is 4.54. The average molecular weight is 534 g/mol. The van der Waals surface area contributed by atoms with Gasteiger partial charge in [-0.15, -0.1) is 0 Å². The number of nitrogens with zero attached hydrogens (tertiary/aromatic N) is 1. The molecule has 1 aliphatic rings. The lowest BCUT2D eigenvalue weighted by molar-refractivity contribution is 0.0652. The van der Waals surface area contributed by atoms with Crippen LogP contribution in [0, 0.1) is 0 Å². The number of benzene rings is 2. The van der Waals surface area contributed by atoms with Gasteiger partial charge in [0.15, 0.2) is 0 Å². The molecule has 1 atom stereocenters. The normalized spacial score (nSPS) is 15.3. The molecule has 0 saturated heterocycles. The van der Waals surface area contributed by atoms with E-state index in [0.717, 1.165) is 17.7 Å². The Kier molecular flexibility index (Phi) is 7.91. The van der Waals surface area contributed by atoms with Crippen molar-refractivity contribution in [1.82, 2.24) is 4.90 Å². The molecule has 6 nitrogen and oxygen atoms in total. The third kappa shape index (κ3) is 5.74. The average Bonchev–Trinajstić information content (AvgIpc) is 2.97. The van der Waals surface area contributed by atoms with E-state index in [1.165, 1.54) is 11.0 Å². The van der Waals surface area contributed by atoms with E-state index in [4.69, 9.17) is 4.89 Å². The van der Waals surface area contributed by atoms with Crippen molar-refractivity contribution in [2.75, 3.05) is 12.3 Å². The highest BCUT2D eigenvalue weighted by molar-refractivity contribution is 9.10. The fraction of sp³-hybridized carbons (Fsp3) is 0.300. The molecule has 2 amide bonds. The molecule has 2 aromatic carbocycles. The maximum atomic E-state index is 12.5. The summed E-state index contributed by atoms with van der Waals surface area (Å²) in [5.74, 6) is 0.813. The number of carbonyl (C=O) groups is 2. The lowest BCUT2D eigenvalue weighted by Crippen LogP contribution is -2.30. The topological polar surface area (TPSA) is 83.9 Å². The van der Waals surface area contributed by atoms with E-state index in [1.54, 1.807) is 48.2 Å². The SMILES string of the molecule is O=C1c2ccccc2C(=O)N1CCCCSCc1ccc(OP(=O)(O)C(F)F)c(Br)c1. The molecule has 1 N–H and O–H groups in total. The Labute approximate surface area is 190 Å². The van der Waals surface area contributed by atoms with Gasteiger partial charge in [0.2, 0.25) is 0 Å². The standard InChI is InChI=1S/C20H19BrF2NO5PS/c21-16-11-13(7-8-17(16)29-30(27,28)20(22)23)12-31-10-4-3-9-24-18(25)14-5-1-2-6-15(14)19(24)26/h1-2,5-8,11,20H,3-4,9-10,12H2,(H,27,28). The second-order valence-electron chi connectivity index (χ2n) is 6.77. The van der Waals surface area contributed by atoms with E-state index in [0.29, 0.717) is 34.3 Å². The summed E-state index contributed by atoms with van der Waals surface area (Å²) in [7, 11) is -5.02. The zero-order chi connectivity index (χ0) is 22.6. The number of fused-ring (bicyclic) bond motifs is 1. The second-order valence-corrected chi connectivity index (χ2v) is 10.4. The van der Waals surface area contributed by atoms with E-state index in [1.807, 2.05) is 0 Å². The molecule has 0 aromatic heterocycles. The monoisotopic (exact) mass is 533 g/mol. The lowest BCUT2D eigenvalue weighted by atomic mass is 10.1. The molecular weight excluding hydrogens is 515 g/mol. The predicted molar refractivity (Wildman–Crippen MR) is 118 cm³/mol.